The van der Waals surface area contributed by atoms with Crippen LogP contribution in [0.15, 0.2) is 0 Å². The van der Waals surface area contributed by atoms with Crippen LogP contribution >= 0.6 is 0 Å². The summed E-state index contributed by atoms with van der Waals surface area (Å²) < 4.78 is 7.82. The zero-order valence-corrected chi connectivity index (χ0v) is 11.8. The molecule has 2 heterocycles. The molecule has 4 nitrogen and oxygen atoms in total. The Bertz CT molecular complexity index is 381. The number of nitrogens with one attached hydrogen (secondary N) is 1. The fraction of sp³-hybridized carbons (Fsp3) is 0.786. The molecule has 18 heavy (non-hydrogen) atoms. The second kappa shape index (κ2) is 6.34. The van der Waals surface area contributed by atoms with Gasteiger partial charge in [-0.15, -0.1) is 0 Å². The number of rotatable bonds is 6. The molecule has 1 aromatic heterocycles. The Kier molecular flexibility index (Phi) is 4.78. The third kappa shape index (κ3) is 3.12. The van der Waals surface area contributed by atoms with Crippen LogP contribution in [0.25, 0.3) is 0 Å². The minimum atomic E-state index is 0.453. The lowest BCUT2D eigenvalue weighted by molar-refractivity contribution is 0.0992. The fourth-order valence-corrected chi connectivity index (χ4v) is 2.70. The lowest BCUT2D eigenvalue weighted by atomic mass is 10.1. The summed E-state index contributed by atoms with van der Waals surface area (Å²) in [4.78, 5) is 0. The molecule has 0 spiro atoms. The topological polar surface area (TPSA) is 39.1 Å². The van der Waals surface area contributed by atoms with Gasteiger partial charge in [-0.2, -0.15) is 5.10 Å². The number of nitrogens with zero attached hydrogens (tertiary/aromatic N) is 2. The van der Waals surface area contributed by atoms with E-state index in [1.165, 1.54) is 29.8 Å². The number of hydrogen-bond donors (Lipinski definition) is 1. The largest absolute Gasteiger partial charge is 0.378 e. The number of aromatic nitrogens is 2. The van der Waals surface area contributed by atoms with Crippen molar-refractivity contribution < 1.29 is 4.74 Å². The molecule has 1 unspecified atom stereocenters. The number of likely N-dealkylation sites (N-methyl/N-ethyl adjacent to an activating group) is 1. The maximum atomic E-state index is 5.67. The van der Waals surface area contributed by atoms with E-state index in [2.05, 4.69) is 28.9 Å². The smallest absolute Gasteiger partial charge is 0.0628 e. The molecule has 1 fully saturated rings. The number of hydrogen-bond acceptors (Lipinski definition) is 3. The van der Waals surface area contributed by atoms with Crippen molar-refractivity contribution in [3.63, 3.8) is 0 Å². The highest BCUT2D eigenvalue weighted by molar-refractivity contribution is 5.24. The van der Waals surface area contributed by atoms with Crippen molar-refractivity contribution in [3.05, 3.63) is 17.0 Å². The Morgan fingerprint density at radius 2 is 2.28 bits per heavy atom. The third-order valence-corrected chi connectivity index (χ3v) is 3.84. The molecular formula is C14H25N3O. The molecular weight excluding hydrogens is 226 g/mol. The average Bonchev–Trinajstić information content (AvgIpc) is 2.95. The summed E-state index contributed by atoms with van der Waals surface area (Å²) in [7, 11) is 1.99. The van der Waals surface area contributed by atoms with Crippen LogP contribution in [0.3, 0.4) is 0 Å². The van der Waals surface area contributed by atoms with Crippen LogP contribution in [0.4, 0.5) is 0 Å². The number of ether oxygens (including phenoxy) is 1. The van der Waals surface area contributed by atoms with E-state index in [0.717, 1.165) is 32.5 Å². The van der Waals surface area contributed by atoms with Gasteiger partial charge in [0, 0.05) is 18.8 Å². The maximum Gasteiger partial charge on any atom is 0.0628 e. The van der Waals surface area contributed by atoms with Gasteiger partial charge in [0.25, 0.3) is 0 Å². The molecule has 1 aliphatic rings. The highest BCUT2D eigenvalue weighted by Gasteiger charge is 2.17. The van der Waals surface area contributed by atoms with Crippen LogP contribution < -0.4 is 5.32 Å². The summed E-state index contributed by atoms with van der Waals surface area (Å²) in [6.07, 6.45) is 5.04. The molecule has 1 atom stereocenters. The minimum Gasteiger partial charge on any atom is -0.378 e. The standard InChI is InChI=1S/C14H25N3O/c1-11-14(6-8-15-3)12(2)17(16-11)9-7-13-5-4-10-18-13/h13,15H,4-10H2,1-3H3. The van der Waals surface area contributed by atoms with E-state index < -0.39 is 0 Å². The van der Waals surface area contributed by atoms with Gasteiger partial charge < -0.3 is 10.1 Å². The van der Waals surface area contributed by atoms with Crippen molar-refractivity contribution in [3.8, 4) is 0 Å². The quantitative estimate of drug-likeness (QED) is 0.838. The lowest BCUT2D eigenvalue weighted by Crippen LogP contribution is -2.13. The molecule has 0 bridgehead atoms. The van der Waals surface area contributed by atoms with E-state index in [1.807, 2.05) is 7.05 Å². The summed E-state index contributed by atoms with van der Waals surface area (Å²) in [5.41, 5.74) is 3.90. The molecule has 1 saturated heterocycles. The molecule has 0 radical (unpaired) electrons. The first-order valence-corrected chi connectivity index (χ1v) is 7.01. The summed E-state index contributed by atoms with van der Waals surface area (Å²) in [5, 5.41) is 7.86. The van der Waals surface area contributed by atoms with E-state index in [1.54, 1.807) is 0 Å². The van der Waals surface area contributed by atoms with E-state index in [4.69, 9.17) is 4.74 Å². The van der Waals surface area contributed by atoms with Crippen molar-refractivity contribution in [2.24, 2.45) is 0 Å². The summed E-state index contributed by atoms with van der Waals surface area (Å²) >= 11 is 0. The van der Waals surface area contributed by atoms with Gasteiger partial charge in [0.15, 0.2) is 0 Å². The molecule has 0 aromatic carbocycles. The van der Waals surface area contributed by atoms with Crippen molar-refractivity contribution in [1.29, 1.82) is 0 Å². The second-order valence-electron chi connectivity index (χ2n) is 5.15. The zero-order valence-electron chi connectivity index (χ0n) is 11.8. The lowest BCUT2D eigenvalue weighted by Gasteiger charge is -2.10. The Morgan fingerprint density at radius 3 is 2.94 bits per heavy atom. The van der Waals surface area contributed by atoms with Gasteiger partial charge in [-0.25, -0.2) is 0 Å². The average molecular weight is 251 g/mol. The molecule has 4 heteroatoms. The summed E-state index contributed by atoms with van der Waals surface area (Å²) in [5.74, 6) is 0. The van der Waals surface area contributed by atoms with Gasteiger partial charge in [0.05, 0.1) is 11.8 Å². The molecule has 1 aromatic rings. The van der Waals surface area contributed by atoms with Gasteiger partial charge in [-0.3, -0.25) is 4.68 Å². The van der Waals surface area contributed by atoms with Gasteiger partial charge in [0.2, 0.25) is 0 Å². The molecule has 0 saturated carbocycles. The maximum absolute atomic E-state index is 5.67. The molecule has 2 rings (SSSR count). The first-order chi connectivity index (χ1) is 8.72. The molecule has 102 valence electrons. The highest BCUT2D eigenvalue weighted by Crippen LogP contribution is 2.18. The molecule has 0 amide bonds. The van der Waals surface area contributed by atoms with Crippen molar-refractivity contribution in [2.75, 3.05) is 20.2 Å². The molecule has 1 N–H and O–H groups in total. The Balaban J connectivity index is 1.95. The van der Waals surface area contributed by atoms with E-state index in [0.29, 0.717) is 6.10 Å². The highest BCUT2D eigenvalue weighted by atomic mass is 16.5. The second-order valence-corrected chi connectivity index (χ2v) is 5.15. The SMILES string of the molecule is CNCCc1c(C)nn(CCC2CCCO2)c1C. The van der Waals surface area contributed by atoms with Crippen LogP contribution in [-0.4, -0.2) is 36.1 Å². The van der Waals surface area contributed by atoms with Gasteiger partial charge in [-0.05, 0) is 58.7 Å². The van der Waals surface area contributed by atoms with Crippen LogP contribution in [-0.2, 0) is 17.7 Å². The van der Waals surface area contributed by atoms with Crippen molar-refractivity contribution in [1.82, 2.24) is 15.1 Å². The minimum absolute atomic E-state index is 0.453. The molecule has 0 aliphatic carbocycles. The Hall–Kier alpha value is -0.870. The third-order valence-electron chi connectivity index (χ3n) is 3.84. The predicted octanol–water partition coefficient (Wildman–Crippen LogP) is 1.83. The Labute approximate surface area is 110 Å². The Morgan fingerprint density at radius 1 is 1.44 bits per heavy atom. The zero-order chi connectivity index (χ0) is 13.0. The fourth-order valence-electron chi connectivity index (χ4n) is 2.70. The van der Waals surface area contributed by atoms with Gasteiger partial charge in [0.1, 0.15) is 0 Å². The van der Waals surface area contributed by atoms with Crippen LogP contribution in [0.2, 0.25) is 0 Å². The molecule has 1 aliphatic heterocycles. The summed E-state index contributed by atoms with van der Waals surface area (Å²) in [6, 6.07) is 0. The summed E-state index contributed by atoms with van der Waals surface area (Å²) in [6.45, 7) is 7.23. The van der Waals surface area contributed by atoms with Crippen LogP contribution in [0.1, 0.15) is 36.2 Å². The van der Waals surface area contributed by atoms with Crippen molar-refractivity contribution in [2.45, 2.75) is 52.2 Å². The van der Waals surface area contributed by atoms with Gasteiger partial charge in [-0.1, -0.05) is 0 Å². The van der Waals surface area contributed by atoms with Crippen molar-refractivity contribution >= 4 is 0 Å². The first-order valence-electron chi connectivity index (χ1n) is 7.01. The van der Waals surface area contributed by atoms with E-state index in [9.17, 15) is 0 Å². The number of aryl methyl sites for hydroxylation is 2. The predicted molar refractivity (Wildman–Crippen MR) is 72.9 cm³/mol. The van der Waals surface area contributed by atoms with Gasteiger partial charge >= 0.3 is 0 Å². The van der Waals surface area contributed by atoms with E-state index in [-0.39, 0.29) is 0 Å². The van der Waals surface area contributed by atoms with Crippen LogP contribution in [0, 0.1) is 13.8 Å². The first kappa shape index (κ1) is 13.6. The normalized spacial score (nSPS) is 19.6. The monoisotopic (exact) mass is 251 g/mol. The van der Waals surface area contributed by atoms with E-state index >= 15 is 0 Å². The van der Waals surface area contributed by atoms with Crippen LogP contribution in [0.5, 0.6) is 0 Å².